The molecule has 0 atom stereocenters. The molecule has 3 aromatic carbocycles. The Labute approximate surface area is 196 Å². The lowest BCUT2D eigenvalue weighted by Gasteiger charge is -2.29. The number of anilines is 2. The van der Waals surface area contributed by atoms with Gasteiger partial charge in [0.25, 0.3) is 11.5 Å². The lowest BCUT2D eigenvalue weighted by atomic mass is 10.0. The number of aromatic nitrogens is 2. The highest BCUT2D eigenvalue weighted by atomic mass is 16.2. The number of carbonyl (C=O) groups is 2. The Morgan fingerprint density at radius 1 is 0.971 bits per heavy atom. The van der Waals surface area contributed by atoms with Gasteiger partial charge in [-0.1, -0.05) is 48.5 Å². The third kappa shape index (κ3) is 4.08. The van der Waals surface area contributed by atoms with Crippen molar-refractivity contribution in [2.24, 2.45) is 0 Å². The van der Waals surface area contributed by atoms with E-state index in [1.54, 1.807) is 42.2 Å². The highest BCUT2D eigenvalue weighted by Crippen LogP contribution is 2.30. The summed E-state index contributed by atoms with van der Waals surface area (Å²) in [5.74, 6) is -0.383. The van der Waals surface area contributed by atoms with Gasteiger partial charge >= 0.3 is 0 Å². The van der Waals surface area contributed by atoms with Gasteiger partial charge in [-0.15, -0.1) is 0 Å². The molecule has 1 aliphatic rings. The van der Waals surface area contributed by atoms with Gasteiger partial charge < -0.3 is 10.2 Å². The molecular formula is C27H24N4O3. The number of rotatable bonds is 4. The highest BCUT2D eigenvalue weighted by Gasteiger charge is 2.21. The van der Waals surface area contributed by atoms with Crippen LogP contribution >= 0.6 is 0 Å². The first kappa shape index (κ1) is 21.6. The van der Waals surface area contributed by atoms with Gasteiger partial charge in [0.1, 0.15) is 0 Å². The molecule has 0 aliphatic carbocycles. The lowest BCUT2D eigenvalue weighted by molar-refractivity contribution is -0.116. The third-order valence-corrected chi connectivity index (χ3v) is 6.09. The van der Waals surface area contributed by atoms with Crippen LogP contribution in [0.3, 0.4) is 0 Å². The van der Waals surface area contributed by atoms with E-state index in [4.69, 9.17) is 0 Å². The predicted octanol–water partition coefficient (Wildman–Crippen LogP) is 4.00. The number of nitrogens with zero attached hydrogens (tertiary/aromatic N) is 3. The van der Waals surface area contributed by atoms with E-state index >= 15 is 0 Å². The number of nitrogens with one attached hydrogen (secondary N) is 1. The summed E-state index contributed by atoms with van der Waals surface area (Å²) in [7, 11) is 0. The number of hydrogen-bond acceptors (Lipinski definition) is 4. The van der Waals surface area contributed by atoms with Crippen molar-refractivity contribution in [2.45, 2.75) is 26.3 Å². The van der Waals surface area contributed by atoms with Crippen molar-refractivity contribution < 1.29 is 9.59 Å². The molecule has 1 N–H and O–H groups in total. The van der Waals surface area contributed by atoms with Crippen LogP contribution < -0.4 is 15.8 Å². The molecule has 1 aliphatic heterocycles. The van der Waals surface area contributed by atoms with Crippen LogP contribution in [0.2, 0.25) is 0 Å². The second kappa shape index (κ2) is 8.94. The van der Waals surface area contributed by atoms with Crippen LogP contribution in [0, 0.1) is 0 Å². The quantitative estimate of drug-likeness (QED) is 0.507. The van der Waals surface area contributed by atoms with Crippen molar-refractivity contribution >= 4 is 34.0 Å². The Bertz CT molecular complexity index is 1460. The Balaban J connectivity index is 1.50. The van der Waals surface area contributed by atoms with E-state index in [0.717, 1.165) is 29.7 Å². The van der Waals surface area contributed by atoms with E-state index in [2.05, 4.69) is 10.4 Å². The number of benzene rings is 3. The van der Waals surface area contributed by atoms with Gasteiger partial charge in [-0.05, 0) is 48.2 Å². The van der Waals surface area contributed by atoms with E-state index in [1.165, 1.54) is 4.68 Å². The molecule has 0 radical (unpaired) electrons. The zero-order valence-corrected chi connectivity index (χ0v) is 18.8. The van der Waals surface area contributed by atoms with Crippen molar-refractivity contribution in [3.8, 4) is 0 Å². The van der Waals surface area contributed by atoms with Crippen molar-refractivity contribution in [1.29, 1.82) is 0 Å². The Kier molecular flexibility index (Phi) is 5.67. The molecule has 0 saturated heterocycles. The van der Waals surface area contributed by atoms with Crippen LogP contribution in [0.4, 0.5) is 11.4 Å². The predicted molar refractivity (Wildman–Crippen MR) is 132 cm³/mol. The zero-order valence-electron chi connectivity index (χ0n) is 18.8. The molecule has 2 amide bonds. The summed E-state index contributed by atoms with van der Waals surface area (Å²) in [6.07, 6.45) is 1.71. The normalized spacial score (nSPS) is 12.9. The molecule has 4 aromatic rings. The molecule has 7 nitrogen and oxygen atoms in total. The number of hydrogen-bond donors (Lipinski definition) is 1. The summed E-state index contributed by atoms with van der Waals surface area (Å²) >= 11 is 0. The van der Waals surface area contributed by atoms with Crippen LogP contribution in [-0.4, -0.2) is 28.1 Å². The molecule has 0 fully saturated rings. The smallest absolute Gasteiger partial charge is 0.276 e. The second-order valence-electron chi connectivity index (χ2n) is 8.41. The first-order valence-electron chi connectivity index (χ1n) is 11.3. The molecule has 5 rings (SSSR count). The first-order chi connectivity index (χ1) is 16.5. The van der Waals surface area contributed by atoms with E-state index < -0.39 is 5.91 Å². The average molecular weight is 453 g/mol. The minimum Gasteiger partial charge on any atom is -0.321 e. The Morgan fingerprint density at radius 2 is 1.71 bits per heavy atom. The third-order valence-electron chi connectivity index (χ3n) is 6.09. The van der Waals surface area contributed by atoms with Crippen molar-refractivity contribution in [1.82, 2.24) is 9.78 Å². The Hall–Kier alpha value is -4.26. The van der Waals surface area contributed by atoms with E-state index in [-0.39, 0.29) is 23.7 Å². The van der Waals surface area contributed by atoms with E-state index in [9.17, 15) is 14.4 Å². The minimum absolute atomic E-state index is 0.00841. The summed E-state index contributed by atoms with van der Waals surface area (Å²) in [4.78, 5) is 40.1. The molecule has 0 unspecified atom stereocenters. The fourth-order valence-electron chi connectivity index (χ4n) is 4.46. The summed E-state index contributed by atoms with van der Waals surface area (Å²) in [5.41, 5.74) is 3.40. The van der Waals surface area contributed by atoms with Gasteiger partial charge in [-0.3, -0.25) is 14.4 Å². The van der Waals surface area contributed by atoms with Crippen LogP contribution in [0.5, 0.6) is 0 Å². The average Bonchev–Trinajstić information content (AvgIpc) is 2.85. The van der Waals surface area contributed by atoms with E-state index in [1.807, 2.05) is 42.5 Å². The minimum atomic E-state index is -0.391. The zero-order chi connectivity index (χ0) is 23.7. The van der Waals surface area contributed by atoms with Crippen molar-refractivity contribution in [3.63, 3.8) is 0 Å². The van der Waals surface area contributed by atoms with Crippen LogP contribution in [0.15, 0.2) is 77.6 Å². The number of amides is 2. The molecule has 2 heterocycles. The first-order valence-corrected chi connectivity index (χ1v) is 11.3. The standard InChI is InChI=1S/C27H24N4O3/c1-18(32)30-15-7-10-20-16-21(13-14-24(20)30)28-26(33)25-22-11-5-6-12-23(22)27(34)31(29-25)17-19-8-3-2-4-9-19/h2-6,8-9,11-14,16H,7,10,15,17H2,1H3,(H,28,33). The lowest BCUT2D eigenvalue weighted by Crippen LogP contribution is -2.33. The number of fused-ring (bicyclic) bond motifs is 2. The fourth-order valence-corrected chi connectivity index (χ4v) is 4.46. The van der Waals surface area contributed by atoms with Crippen LogP contribution in [-0.2, 0) is 17.8 Å². The number of aryl methyl sites for hydroxylation is 1. The SMILES string of the molecule is CC(=O)N1CCCc2cc(NC(=O)c3nn(Cc4ccccc4)c(=O)c4ccccc34)ccc21. The van der Waals surface area contributed by atoms with Crippen LogP contribution in [0.25, 0.3) is 10.8 Å². The number of carbonyl (C=O) groups excluding carboxylic acids is 2. The summed E-state index contributed by atoms with van der Waals surface area (Å²) in [6, 6.07) is 22.1. The van der Waals surface area contributed by atoms with Gasteiger partial charge in [0.05, 0.1) is 11.9 Å². The van der Waals surface area contributed by atoms with Gasteiger partial charge in [-0.2, -0.15) is 5.10 Å². The summed E-state index contributed by atoms with van der Waals surface area (Å²) in [5, 5.41) is 8.34. The highest BCUT2D eigenvalue weighted by molar-refractivity contribution is 6.11. The van der Waals surface area contributed by atoms with Gasteiger partial charge in [0.2, 0.25) is 5.91 Å². The van der Waals surface area contributed by atoms with Gasteiger partial charge in [-0.25, -0.2) is 4.68 Å². The summed E-state index contributed by atoms with van der Waals surface area (Å²) < 4.78 is 1.34. The maximum Gasteiger partial charge on any atom is 0.276 e. The second-order valence-corrected chi connectivity index (χ2v) is 8.41. The molecule has 0 saturated carbocycles. The molecule has 34 heavy (non-hydrogen) atoms. The molecule has 0 spiro atoms. The molecule has 0 bridgehead atoms. The maximum atomic E-state index is 13.3. The van der Waals surface area contributed by atoms with Gasteiger partial charge in [0.15, 0.2) is 5.69 Å². The topological polar surface area (TPSA) is 84.3 Å². The maximum absolute atomic E-state index is 13.3. The monoisotopic (exact) mass is 452 g/mol. The fraction of sp³-hybridized carbons (Fsp3) is 0.185. The van der Waals surface area contributed by atoms with Crippen LogP contribution in [0.1, 0.15) is 35.0 Å². The Morgan fingerprint density at radius 3 is 2.47 bits per heavy atom. The van der Waals surface area contributed by atoms with Gasteiger partial charge in [0, 0.05) is 30.2 Å². The molecule has 170 valence electrons. The largest absolute Gasteiger partial charge is 0.321 e. The van der Waals surface area contributed by atoms with Crippen molar-refractivity contribution in [3.05, 3.63) is 100.0 Å². The van der Waals surface area contributed by atoms with Crippen molar-refractivity contribution in [2.75, 3.05) is 16.8 Å². The molecule has 7 heteroatoms. The summed E-state index contributed by atoms with van der Waals surface area (Å²) in [6.45, 7) is 2.53. The molecular weight excluding hydrogens is 428 g/mol. The van der Waals surface area contributed by atoms with E-state index in [0.29, 0.717) is 23.0 Å². The molecule has 1 aromatic heterocycles.